The predicted octanol–water partition coefficient (Wildman–Crippen LogP) is 3.84. The summed E-state index contributed by atoms with van der Waals surface area (Å²) < 4.78 is 0. The van der Waals surface area contributed by atoms with Crippen molar-refractivity contribution >= 4 is 23.0 Å². The fourth-order valence-corrected chi connectivity index (χ4v) is 1.85. The van der Waals surface area contributed by atoms with Crippen molar-refractivity contribution in [2.24, 2.45) is 0 Å². The molecule has 0 bridgehead atoms. The monoisotopic (exact) mass is 246 g/mol. The Hall–Kier alpha value is -1.67. The number of rotatable bonds is 3. The summed E-state index contributed by atoms with van der Waals surface area (Å²) in [6.07, 6.45) is 0. The first kappa shape index (κ1) is 11.8. The highest BCUT2D eigenvalue weighted by Crippen LogP contribution is 2.23. The second kappa shape index (κ2) is 5.11. The van der Waals surface area contributed by atoms with Crippen molar-refractivity contribution in [3.63, 3.8) is 0 Å². The van der Waals surface area contributed by atoms with Crippen LogP contribution in [0, 0.1) is 6.92 Å². The van der Waals surface area contributed by atoms with Crippen LogP contribution < -0.4 is 11.1 Å². The minimum absolute atomic E-state index is 0.687. The van der Waals surface area contributed by atoms with Gasteiger partial charge in [0.05, 0.1) is 11.4 Å². The standard InChI is InChI=1S/C14H15ClN2/c1-10-4-2-3-5-11(10)9-17-14-8-12(15)6-7-13(14)16/h2-8,17H,9,16H2,1H3. The summed E-state index contributed by atoms with van der Waals surface area (Å²) >= 11 is 5.93. The van der Waals surface area contributed by atoms with Crippen molar-refractivity contribution in [1.82, 2.24) is 0 Å². The molecule has 0 saturated carbocycles. The number of nitrogens with one attached hydrogen (secondary N) is 1. The Labute approximate surface area is 106 Å². The number of anilines is 2. The van der Waals surface area contributed by atoms with Crippen molar-refractivity contribution in [3.05, 3.63) is 58.6 Å². The van der Waals surface area contributed by atoms with Crippen LogP contribution in [0.4, 0.5) is 11.4 Å². The van der Waals surface area contributed by atoms with Crippen LogP contribution >= 0.6 is 11.6 Å². The van der Waals surface area contributed by atoms with E-state index in [9.17, 15) is 0 Å². The summed E-state index contributed by atoms with van der Waals surface area (Å²) in [7, 11) is 0. The molecule has 2 nitrogen and oxygen atoms in total. The third kappa shape index (κ3) is 2.92. The van der Waals surface area contributed by atoms with E-state index in [2.05, 4.69) is 24.4 Å². The van der Waals surface area contributed by atoms with Crippen LogP contribution in [0.25, 0.3) is 0 Å². The first-order valence-corrected chi connectivity index (χ1v) is 5.88. The summed E-state index contributed by atoms with van der Waals surface area (Å²) in [6, 6.07) is 13.7. The molecular weight excluding hydrogens is 232 g/mol. The number of halogens is 1. The lowest BCUT2D eigenvalue weighted by Gasteiger charge is -2.11. The smallest absolute Gasteiger partial charge is 0.0591 e. The Bertz CT molecular complexity index is 523. The van der Waals surface area contributed by atoms with Gasteiger partial charge in [0, 0.05) is 11.6 Å². The van der Waals surface area contributed by atoms with Crippen molar-refractivity contribution < 1.29 is 0 Å². The summed E-state index contributed by atoms with van der Waals surface area (Å²) in [5.74, 6) is 0. The zero-order valence-corrected chi connectivity index (χ0v) is 10.5. The first-order chi connectivity index (χ1) is 8.16. The van der Waals surface area contributed by atoms with E-state index in [-0.39, 0.29) is 0 Å². The Balaban J connectivity index is 2.12. The highest BCUT2D eigenvalue weighted by atomic mass is 35.5. The Morgan fingerprint density at radius 2 is 1.94 bits per heavy atom. The van der Waals surface area contributed by atoms with E-state index in [1.807, 2.05) is 24.3 Å². The van der Waals surface area contributed by atoms with Gasteiger partial charge in [0.25, 0.3) is 0 Å². The summed E-state index contributed by atoms with van der Waals surface area (Å²) in [5.41, 5.74) is 9.98. The van der Waals surface area contributed by atoms with E-state index < -0.39 is 0 Å². The highest BCUT2D eigenvalue weighted by Gasteiger charge is 2.01. The largest absolute Gasteiger partial charge is 0.397 e. The van der Waals surface area contributed by atoms with E-state index in [0.717, 1.165) is 12.2 Å². The molecule has 0 fully saturated rings. The lowest BCUT2D eigenvalue weighted by molar-refractivity contribution is 1.12. The van der Waals surface area contributed by atoms with Gasteiger partial charge in [0.2, 0.25) is 0 Å². The molecule has 88 valence electrons. The van der Waals surface area contributed by atoms with E-state index in [1.54, 1.807) is 6.07 Å². The quantitative estimate of drug-likeness (QED) is 0.808. The maximum Gasteiger partial charge on any atom is 0.0591 e. The molecular formula is C14H15ClN2. The predicted molar refractivity (Wildman–Crippen MR) is 74.4 cm³/mol. The SMILES string of the molecule is Cc1ccccc1CNc1cc(Cl)ccc1N. The first-order valence-electron chi connectivity index (χ1n) is 5.50. The van der Waals surface area contributed by atoms with Gasteiger partial charge in [-0.25, -0.2) is 0 Å². The number of hydrogen-bond donors (Lipinski definition) is 2. The van der Waals surface area contributed by atoms with Gasteiger partial charge in [-0.15, -0.1) is 0 Å². The molecule has 0 amide bonds. The molecule has 17 heavy (non-hydrogen) atoms. The van der Waals surface area contributed by atoms with Crippen LogP contribution in [0.1, 0.15) is 11.1 Å². The van der Waals surface area contributed by atoms with Gasteiger partial charge in [-0.1, -0.05) is 35.9 Å². The van der Waals surface area contributed by atoms with Crippen LogP contribution in [0.3, 0.4) is 0 Å². The minimum Gasteiger partial charge on any atom is -0.397 e. The summed E-state index contributed by atoms with van der Waals surface area (Å²) in [6.45, 7) is 2.84. The molecule has 2 aromatic carbocycles. The molecule has 3 heteroatoms. The highest BCUT2D eigenvalue weighted by molar-refractivity contribution is 6.31. The fraction of sp³-hybridized carbons (Fsp3) is 0.143. The number of nitrogens with two attached hydrogens (primary N) is 1. The molecule has 0 heterocycles. The van der Waals surface area contributed by atoms with Crippen molar-refractivity contribution in [1.29, 1.82) is 0 Å². The normalized spacial score (nSPS) is 10.2. The van der Waals surface area contributed by atoms with E-state index in [1.165, 1.54) is 11.1 Å². The molecule has 3 N–H and O–H groups in total. The van der Waals surface area contributed by atoms with Crippen LogP contribution in [-0.4, -0.2) is 0 Å². The topological polar surface area (TPSA) is 38.0 Å². The van der Waals surface area contributed by atoms with Crippen LogP contribution in [0.15, 0.2) is 42.5 Å². The Morgan fingerprint density at radius 3 is 2.71 bits per heavy atom. The molecule has 0 atom stereocenters. The molecule has 0 aromatic heterocycles. The summed E-state index contributed by atoms with van der Waals surface area (Å²) in [5, 5.41) is 3.99. The van der Waals surface area contributed by atoms with Crippen molar-refractivity contribution in [2.45, 2.75) is 13.5 Å². The average molecular weight is 247 g/mol. The maximum atomic E-state index is 5.93. The molecule has 0 aliphatic rings. The molecule has 2 aromatic rings. The van der Waals surface area contributed by atoms with Gasteiger partial charge in [-0.05, 0) is 36.2 Å². The van der Waals surface area contributed by atoms with E-state index in [0.29, 0.717) is 10.7 Å². The van der Waals surface area contributed by atoms with Gasteiger partial charge in [-0.2, -0.15) is 0 Å². The van der Waals surface area contributed by atoms with Crippen LogP contribution in [-0.2, 0) is 6.54 Å². The maximum absolute atomic E-state index is 5.93. The minimum atomic E-state index is 0.687. The van der Waals surface area contributed by atoms with Gasteiger partial charge in [0.1, 0.15) is 0 Å². The zero-order valence-electron chi connectivity index (χ0n) is 9.70. The fourth-order valence-electron chi connectivity index (χ4n) is 1.68. The van der Waals surface area contributed by atoms with Crippen LogP contribution in [0.2, 0.25) is 5.02 Å². The van der Waals surface area contributed by atoms with Crippen LogP contribution in [0.5, 0.6) is 0 Å². The summed E-state index contributed by atoms with van der Waals surface area (Å²) in [4.78, 5) is 0. The molecule has 0 aliphatic carbocycles. The number of benzene rings is 2. The second-order valence-electron chi connectivity index (χ2n) is 4.01. The average Bonchev–Trinajstić information content (AvgIpc) is 2.32. The van der Waals surface area contributed by atoms with Gasteiger partial charge in [-0.3, -0.25) is 0 Å². The third-order valence-corrected chi connectivity index (χ3v) is 2.98. The lowest BCUT2D eigenvalue weighted by Crippen LogP contribution is -2.03. The van der Waals surface area contributed by atoms with E-state index >= 15 is 0 Å². The molecule has 2 rings (SSSR count). The van der Waals surface area contributed by atoms with Gasteiger partial charge in [0.15, 0.2) is 0 Å². The lowest BCUT2D eigenvalue weighted by atomic mass is 10.1. The Kier molecular flexibility index (Phi) is 3.55. The zero-order chi connectivity index (χ0) is 12.3. The molecule has 0 saturated heterocycles. The van der Waals surface area contributed by atoms with Gasteiger partial charge < -0.3 is 11.1 Å². The second-order valence-corrected chi connectivity index (χ2v) is 4.45. The number of nitrogen functional groups attached to an aromatic ring is 1. The van der Waals surface area contributed by atoms with Crippen molar-refractivity contribution in [3.8, 4) is 0 Å². The molecule has 0 aliphatic heterocycles. The van der Waals surface area contributed by atoms with E-state index in [4.69, 9.17) is 17.3 Å². The number of hydrogen-bond acceptors (Lipinski definition) is 2. The van der Waals surface area contributed by atoms with Gasteiger partial charge >= 0.3 is 0 Å². The Morgan fingerprint density at radius 1 is 1.18 bits per heavy atom. The van der Waals surface area contributed by atoms with Crippen molar-refractivity contribution in [2.75, 3.05) is 11.1 Å². The molecule has 0 unspecified atom stereocenters. The molecule has 0 spiro atoms. The number of aryl methyl sites for hydroxylation is 1. The third-order valence-electron chi connectivity index (χ3n) is 2.75. The molecule has 0 radical (unpaired) electrons.